The van der Waals surface area contributed by atoms with Crippen molar-refractivity contribution in [1.82, 2.24) is 5.32 Å². The van der Waals surface area contributed by atoms with Gasteiger partial charge in [-0.15, -0.1) is 0 Å². The van der Waals surface area contributed by atoms with Gasteiger partial charge in [-0.1, -0.05) is 29.8 Å². The molecule has 1 N–H and O–H groups in total. The maximum absolute atomic E-state index is 11.7. The van der Waals surface area contributed by atoms with Gasteiger partial charge in [0.15, 0.2) is 5.00 Å². The Bertz CT molecular complexity index is 427. The summed E-state index contributed by atoms with van der Waals surface area (Å²) in [4.78, 5) is 22.1. The largest absolute Gasteiger partial charge is 0.387 e. The third kappa shape index (κ3) is 2.65. The van der Waals surface area contributed by atoms with E-state index in [-0.39, 0.29) is 0 Å². The lowest BCUT2D eigenvalue weighted by Gasteiger charge is -2.18. The Labute approximate surface area is 104 Å². The van der Waals surface area contributed by atoms with E-state index in [2.05, 4.69) is 5.32 Å². The highest BCUT2D eigenvalue weighted by molar-refractivity contribution is 6.34. The van der Waals surface area contributed by atoms with Crippen LogP contribution in [0.2, 0.25) is 0 Å². The molecule has 0 radical (unpaired) electrons. The van der Waals surface area contributed by atoms with Crippen LogP contribution in [-0.4, -0.2) is 23.5 Å². The molecule has 0 bridgehead atoms. The molecule has 0 aromatic heterocycles. The van der Waals surface area contributed by atoms with E-state index in [0.29, 0.717) is 18.5 Å². The van der Waals surface area contributed by atoms with Crippen molar-refractivity contribution in [3.63, 3.8) is 0 Å². The van der Waals surface area contributed by atoms with Gasteiger partial charge in [-0.05, 0) is 31.5 Å². The number of nitrogens with one attached hydrogen (secondary N) is 1. The molecule has 0 unspecified atom stereocenters. The molecule has 90 valence electrons. The first kappa shape index (κ1) is 12.1. The molecule has 0 aliphatic carbocycles. The number of alkyl halides is 1. The van der Waals surface area contributed by atoms with Crippen LogP contribution in [0, 0.1) is 0 Å². The lowest BCUT2D eigenvalue weighted by Crippen LogP contribution is -2.44. The zero-order chi connectivity index (χ0) is 12.3. The van der Waals surface area contributed by atoms with Crippen LogP contribution in [0.15, 0.2) is 30.3 Å². The van der Waals surface area contributed by atoms with Crippen LogP contribution in [0.3, 0.4) is 0 Å². The third-order valence-electron chi connectivity index (χ3n) is 2.62. The number of carbonyl (C=O) groups excluding carboxylic acids is 2. The van der Waals surface area contributed by atoms with Gasteiger partial charge in [-0.2, -0.15) is 0 Å². The van der Waals surface area contributed by atoms with Crippen molar-refractivity contribution in [2.75, 3.05) is 6.54 Å². The second kappa shape index (κ2) is 4.85. The average Bonchev–Trinajstić information content (AvgIpc) is 2.78. The SMILES string of the molecule is O=C(OC(=O)[C@]1(Cl)CCCN1)c1ccccc1. The molecular weight excluding hydrogens is 242 g/mol. The molecule has 1 aliphatic heterocycles. The van der Waals surface area contributed by atoms with Crippen LogP contribution in [0.4, 0.5) is 0 Å². The smallest absolute Gasteiger partial charge is 0.349 e. The van der Waals surface area contributed by atoms with Crippen LogP contribution in [0.5, 0.6) is 0 Å². The Kier molecular flexibility index (Phi) is 3.45. The minimum Gasteiger partial charge on any atom is -0.387 e. The number of hydrogen-bond acceptors (Lipinski definition) is 4. The second-order valence-corrected chi connectivity index (χ2v) is 4.52. The van der Waals surface area contributed by atoms with Gasteiger partial charge >= 0.3 is 11.9 Å². The van der Waals surface area contributed by atoms with Crippen LogP contribution in [0.25, 0.3) is 0 Å². The second-order valence-electron chi connectivity index (χ2n) is 3.87. The van der Waals surface area contributed by atoms with Crippen molar-refractivity contribution >= 4 is 23.5 Å². The number of hydrogen-bond donors (Lipinski definition) is 1. The molecule has 1 aromatic carbocycles. The summed E-state index contributed by atoms with van der Waals surface area (Å²) in [5.74, 6) is -1.41. The van der Waals surface area contributed by atoms with Crippen LogP contribution >= 0.6 is 11.6 Å². The van der Waals surface area contributed by atoms with E-state index in [1.165, 1.54) is 0 Å². The summed E-state index contributed by atoms with van der Waals surface area (Å²) in [7, 11) is 0. The molecule has 1 aliphatic rings. The van der Waals surface area contributed by atoms with E-state index in [1.54, 1.807) is 30.3 Å². The number of esters is 2. The van der Waals surface area contributed by atoms with E-state index in [9.17, 15) is 9.59 Å². The normalized spacial score (nSPS) is 23.4. The van der Waals surface area contributed by atoms with E-state index < -0.39 is 16.9 Å². The highest BCUT2D eigenvalue weighted by Gasteiger charge is 2.41. The average molecular weight is 254 g/mol. The van der Waals surface area contributed by atoms with Crippen molar-refractivity contribution in [3.8, 4) is 0 Å². The molecule has 0 spiro atoms. The van der Waals surface area contributed by atoms with Crippen molar-refractivity contribution in [2.24, 2.45) is 0 Å². The number of benzene rings is 1. The summed E-state index contributed by atoms with van der Waals surface area (Å²) < 4.78 is 4.75. The fourth-order valence-electron chi connectivity index (χ4n) is 1.68. The highest BCUT2D eigenvalue weighted by atomic mass is 35.5. The first-order valence-corrected chi connectivity index (χ1v) is 5.75. The van der Waals surface area contributed by atoms with E-state index in [1.807, 2.05) is 0 Å². The third-order valence-corrected chi connectivity index (χ3v) is 3.10. The minimum atomic E-state index is -1.25. The number of ether oxygens (including phenoxy) is 1. The molecule has 1 atom stereocenters. The molecular formula is C12H12ClNO3. The van der Waals surface area contributed by atoms with E-state index in [0.717, 1.165) is 6.42 Å². The van der Waals surface area contributed by atoms with Crippen LogP contribution in [0.1, 0.15) is 23.2 Å². The summed E-state index contributed by atoms with van der Waals surface area (Å²) in [5, 5.41) is 2.83. The number of halogens is 1. The summed E-state index contributed by atoms with van der Waals surface area (Å²) in [6.07, 6.45) is 1.26. The molecule has 0 amide bonds. The summed E-state index contributed by atoms with van der Waals surface area (Å²) in [5.41, 5.74) is 0.333. The number of carbonyl (C=O) groups is 2. The Morgan fingerprint density at radius 1 is 1.29 bits per heavy atom. The molecule has 1 saturated heterocycles. The predicted octanol–water partition coefficient (Wildman–Crippen LogP) is 1.69. The standard InChI is InChI=1S/C12H12ClNO3/c13-12(7-4-8-14-12)11(16)17-10(15)9-5-2-1-3-6-9/h1-3,5-6,14H,4,7-8H2/t12-/m0/s1. The molecule has 1 heterocycles. The minimum absolute atomic E-state index is 0.333. The Hall–Kier alpha value is -1.39. The topological polar surface area (TPSA) is 55.4 Å². The van der Waals surface area contributed by atoms with Gasteiger partial charge in [-0.3, -0.25) is 5.32 Å². The monoisotopic (exact) mass is 253 g/mol. The van der Waals surface area contributed by atoms with Crippen LogP contribution < -0.4 is 5.32 Å². The summed E-state index contributed by atoms with van der Waals surface area (Å²) in [6, 6.07) is 8.34. The van der Waals surface area contributed by atoms with Crippen molar-refractivity contribution in [2.45, 2.75) is 17.8 Å². The predicted molar refractivity (Wildman–Crippen MR) is 62.7 cm³/mol. The van der Waals surface area contributed by atoms with Crippen molar-refractivity contribution in [1.29, 1.82) is 0 Å². The Balaban J connectivity index is 2.02. The Morgan fingerprint density at radius 2 is 2.00 bits per heavy atom. The molecule has 1 aromatic rings. The Morgan fingerprint density at radius 3 is 2.59 bits per heavy atom. The molecule has 5 heteroatoms. The molecule has 17 heavy (non-hydrogen) atoms. The van der Waals surface area contributed by atoms with Gasteiger partial charge in [0.25, 0.3) is 0 Å². The lowest BCUT2D eigenvalue weighted by atomic mass is 10.2. The fraction of sp³-hybridized carbons (Fsp3) is 0.333. The van der Waals surface area contributed by atoms with Gasteiger partial charge in [-0.25, -0.2) is 9.59 Å². The summed E-state index contributed by atoms with van der Waals surface area (Å²) in [6.45, 7) is 0.651. The van der Waals surface area contributed by atoms with Crippen molar-refractivity contribution in [3.05, 3.63) is 35.9 Å². The quantitative estimate of drug-likeness (QED) is 0.377. The molecule has 0 saturated carbocycles. The van der Waals surface area contributed by atoms with Crippen molar-refractivity contribution < 1.29 is 14.3 Å². The molecule has 4 nitrogen and oxygen atoms in total. The van der Waals surface area contributed by atoms with E-state index in [4.69, 9.17) is 16.3 Å². The van der Waals surface area contributed by atoms with Gasteiger partial charge in [0.2, 0.25) is 0 Å². The van der Waals surface area contributed by atoms with E-state index >= 15 is 0 Å². The van der Waals surface area contributed by atoms with Gasteiger partial charge in [0.1, 0.15) is 0 Å². The molecule has 1 fully saturated rings. The number of rotatable bonds is 2. The van der Waals surface area contributed by atoms with Gasteiger partial charge in [0, 0.05) is 0 Å². The summed E-state index contributed by atoms with van der Waals surface area (Å²) >= 11 is 6.01. The maximum atomic E-state index is 11.7. The fourth-order valence-corrected chi connectivity index (χ4v) is 1.95. The zero-order valence-electron chi connectivity index (χ0n) is 9.11. The van der Waals surface area contributed by atoms with Gasteiger partial charge in [0.05, 0.1) is 5.56 Å². The highest BCUT2D eigenvalue weighted by Crippen LogP contribution is 2.25. The molecule has 2 rings (SSSR count). The first-order chi connectivity index (χ1) is 8.12. The zero-order valence-corrected chi connectivity index (χ0v) is 9.87. The first-order valence-electron chi connectivity index (χ1n) is 5.37. The maximum Gasteiger partial charge on any atom is 0.349 e. The lowest BCUT2D eigenvalue weighted by molar-refractivity contribution is -0.141. The van der Waals surface area contributed by atoms with Gasteiger partial charge < -0.3 is 4.74 Å². The van der Waals surface area contributed by atoms with Crippen LogP contribution in [-0.2, 0) is 9.53 Å².